The molecule has 1 saturated heterocycles. The Morgan fingerprint density at radius 3 is 2.68 bits per heavy atom. The summed E-state index contributed by atoms with van der Waals surface area (Å²) in [7, 11) is 1.71. The van der Waals surface area contributed by atoms with Crippen molar-refractivity contribution in [2.24, 2.45) is 0 Å². The molecule has 31 heavy (non-hydrogen) atoms. The summed E-state index contributed by atoms with van der Waals surface area (Å²) in [6.45, 7) is 4.07. The number of ether oxygens (including phenoxy) is 2. The van der Waals surface area contributed by atoms with E-state index in [0.717, 1.165) is 41.5 Å². The molecular formula is C24H27N3O3S. The first-order valence-electron chi connectivity index (χ1n) is 10.5. The lowest BCUT2D eigenvalue weighted by molar-refractivity contribution is 0.177. The zero-order valence-electron chi connectivity index (χ0n) is 17.8. The predicted molar refractivity (Wildman–Crippen MR) is 124 cm³/mol. The van der Waals surface area contributed by atoms with Crippen LogP contribution in [0.3, 0.4) is 0 Å². The summed E-state index contributed by atoms with van der Waals surface area (Å²) in [5.74, 6) is 2.51. The van der Waals surface area contributed by atoms with Gasteiger partial charge in [-0.25, -0.2) is 0 Å². The van der Waals surface area contributed by atoms with Crippen molar-refractivity contribution in [1.29, 1.82) is 0 Å². The summed E-state index contributed by atoms with van der Waals surface area (Å²) < 4.78 is 17.1. The molecule has 0 bridgehead atoms. The Morgan fingerprint density at radius 1 is 1.13 bits per heavy atom. The smallest absolute Gasteiger partial charge is 0.170 e. The summed E-state index contributed by atoms with van der Waals surface area (Å²) in [6.07, 6.45) is 2.68. The number of methoxy groups -OCH3 is 1. The second-order valence-electron chi connectivity index (χ2n) is 7.33. The third-order valence-corrected chi connectivity index (χ3v) is 5.67. The fraction of sp³-hybridized carbons (Fsp3) is 0.333. The number of rotatable bonds is 9. The molecule has 0 spiro atoms. The number of hydrogen-bond donors (Lipinski definition) is 1. The summed E-state index contributed by atoms with van der Waals surface area (Å²) >= 11 is 5.67. The Hall–Kier alpha value is -2.90. The second-order valence-corrected chi connectivity index (χ2v) is 7.71. The summed E-state index contributed by atoms with van der Waals surface area (Å²) in [4.78, 5) is 6.74. The van der Waals surface area contributed by atoms with E-state index in [0.29, 0.717) is 18.3 Å². The third-order valence-electron chi connectivity index (χ3n) is 5.31. The molecule has 4 rings (SSSR count). The third kappa shape index (κ3) is 4.73. The van der Waals surface area contributed by atoms with Crippen LogP contribution in [0.15, 0.2) is 65.2 Å². The van der Waals surface area contributed by atoms with Gasteiger partial charge in [-0.1, -0.05) is 6.07 Å². The van der Waals surface area contributed by atoms with E-state index in [1.165, 1.54) is 0 Å². The van der Waals surface area contributed by atoms with E-state index in [1.807, 2.05) is 61.5 Å². The minimum Gasteiger partial charge on any atom is -0.494 e. The van der Waals surface area contributed by atoms with Crippen LogP contribution in [-0.2, 0) is 4.74 Å². The molecule has 1 fully saturated rings. The number of nitrogens with one attached hydrogen (secondary N) is 1. The molecule has 7 heteroatoms. The standard InChI is InChI=1S/C24H27N3O3S/c1-3-29-18-10-8-17(9-11-18)20-12-13-21(30-20)23-22(19-7-4-5-14-25-19)26-24(31)27(23)15-6-16-28-2/h4-5,7-14,22-23H,3,6,15-16H2,1-2H3,(H,26,31)/t22-,23-/m1/s1. The van der Waals surface area contributed by atoms with Crippen LogP contribution in [0.2, 0.25) is 0 Å². The lowest BCUT2D eigenvalue weighted by Crippen LogP contribution is -2.31. The highest BCUT2D eigenvalue weighted by Crippen LogP contribution is 2.40. The monoisotopic (exact) mass is 437 g/mol. The van der Waals surface area contributed by atoms with E-state index in [-0.39, 0.29) is 12.1 Å². The summed E-state index contributed by atoms with van der Waals surface area (Å²) in [6, 6.07) is 17.7. The first-order chi connectivity index (χ1) is 15.2. The maximum absolute atomic E-state index is 6.35. The molecule has 3 aromatic rings. The molecule has 1 aliphatic heterocycles. The van der Waals surface area contributed by atoms with Gasteiger partial charge in [0.05, 0.1) is 18.3 Å². The van der Waals surface area contributed by atoms with Crippen molar-refractivity contribution in [3.8, 4) is 17.1 Å². The molecule has 2 atom stereocenters. The molecule has 0 saturated carbocycles. The Morgan fingerprint density at radius 2 is 1.97 bits per heavy atom. The average Bonchev–Trinajstić information content (AvgIpc) is 3.40. The van der Waals surface area contributed by atoms with Gasteiger partial charge in [0.2, 0.25) is 0 Å². The van der Waals surface area contributed by atoms with Gasteiger partial charge < -0.3 is 24.1 Å². The van der Waals surface area contributed by atoms with Crippen LogP contribution in [0, 0.1) is 0 Å². The van der Waals surface area contributed by atoms with Crippen LogP contribution in [0.4, 0.5) is 0 Å². The highest BCUT2D eigenvalue weighted by Gasteiger charge is 2.41. The fourth-order valence-corrected chi connectivity index (χ4v) is 4.22. The highest BCUT2D eigenvalue weighted by molar-refractivity contribution is 7.80. The van der Waals surface area contributed by atoms with Crippen LogP contribution >= 0.6 is 12.2 Å². The van der Waals surface area contributed by atoms with Gasteiger partial charge >= 0.3 is 0 Å². The van der Waals surface area contributed by atoms with E-state index in [1.54, 1.807) is 13.3 Å². The maximum Gasteiger partial charge on any atom is 0.170 e. The van der Waals surface area contributed by atoms with Crippen molar-refractivity contribution in [1.82, 2.24) is 15.2 Å². The molecule has 6 nitrogen and oxygen atoms in total. The van der Waals surface area contributed by atoms with Crippen LogP contribution in [-0.4, -0.2) is 41.9 Å². The van der Waals surface area contributed by atoms with Crippen molar-refractivity contribution < 1.29 is 13.9 Å². The second kappa shape index (κ2) is 9.94. The largest absolute Gasteiger partial charge is 0.494 e. The highest BCUT2D eigenvalue weighted by atomic mass is 32.1. The van der Waals surface area contributed by atoms with Gasteiger partial charge in [0, 0.05) is 32.0 Å². The van der Waals surface area contributed by atoms with E-state index >= 15 is 0 Å². The van der Waals surface area contributed by atoms with E-state index < -0.39 is 0 Å². The number of aromatic nitrogens is 1. The van der Waals surface area contributed by atoms with Crippen molar-refractivity contribution in [3.63, 3.8) is 0 Å². The zero-order valence-corrected chi connectivity index (χ0v) is 18.6. The minimum atomic E-state index is -0.0874. The molecule has 0 unspecified atom stereocenters. The lowest BCUT2D eigenvalue weighted by Gasteiger charge is -2.25. The maximum atomic E-state index is 6.35. The molecule has 162 valence electrons. The van der Waals surface area contributed by atoms with Gasteiger partial charge in [0.15, 0.2) is 5.11 Å². The molecule has 3 heterocycles. The van der Waals surface area contributed by atoms with Gasteiger partial charge in [0.1, 0.15) is 23.3 Å². The fourth-order valence-electron chi connectivity index (χ4n) is 3.88. The topological polar surface area (TPSA) is 59.8 Å². The summed E-state index contributed by atoms with van der Waals surface area (Å²) in [5.41, 5.74) is 1.94. The Labute approximate surface area is 188 Å². The van der Waals surface area contributed by atoms with Crippen LogP contribution < -0.4 is 10.1 Å². The SMILES string of the molecule is CCOc1ccc(-c2ccc([C@@H]3[C@@H](c4ccccn4)NC(=S)N3CCCOC)o2)cc1. The van der Waals surface area contributed by atoms with Crippen molar-refractivity contribution in [3.05, 3.63) is 72.2 Å². The Kier molecular flexibility index (Phi) is 6.84. The quantitative estimate of drug-likeness (QED) is 0.383. The minimum absolute atomic E-state index is 0.0873. The van der Waals surface area contributed by atoms with Gasteiger partial charge in [0.25, 0.3) is 0 Å². The van der Waals surface area contributed by atoms with Crippen LogP contribution in [0.1, 0.15) is 36.9 Å². The van der Waals surface area contributed by atoms with E-state index in [2.05, 4.69) is 15.2 Å². The van der Waals surface area contributed by atoms with Gasteiger partial charge in [-0.15, -0.1) is 0 Å². The average molecular weight is 438 g/mol. The van der Waals surface area contributed by atoms with Crippen LogP contribution in [0.25, 0.3) is 11.3 Å². The normalized spacial score (nSPS) is 18.3. The van der Waals surface area contributed by atoms with E-state index in [9.17, 15) is 0 Å². The van der Waals surface area contributed by atoms with Crippen molar-refractivity contribution in [2.75, 3.05) is 26.9 Å². The summed E-state index contributed by atoms with van der Waals surface area (Å²) in [5, 5.41) is 4.15. The molecule has 1 aliphatic rings. The van der Waals surface area contributed by atoms with E-state index in [4.69, 9.17) is 26.1 Å². The number of pyridine rings is 1. The molecule has 1 N–H and O–H groups in total. The zero-order chi connectivity index (χ0) is 21.6. The molecular weight excluding hydrogens is 410 g/mol. The van der Waals surface area contributed by atoms with Gasteiger partial charge in [-0.3, -0.25) is 4.98 Å². The predicted octanol–water partition coefficient (Wildman–Crippen LogP) is 4.75. The number of furan rings is 1. The number of hydrogen-bond acceptors (Lipinski definition) is 5. The first-order valence-corrected chi connectivity index (χ1v) is 10.9. The Balaban J connectivity index is 1.63. The van der Waals surface area contributed by atoms with Crippen LogP contribution in [0.5, 0.6) is 5.75 Å². The molecule has 2 aromatic heterocycles. The Bertz CT molecular complexity index is 991. The number of nitrogens with zero attached hydrogens (tertiary/aromatic N) is 2. The number of thiocarbonyl (C=S) groups is 1. The van der Waals surface area contributed by atoms with Crippen molar-refractivity contribution in [2.45, 2.75) is 25.4 Å². The molecule has 0 radical (unpaired) electrons. The van der Waals surface area contributed by atoms with Crippen molar-refractivity contribution >= 4 is 17.3 Å². The lowest BCUT2D eigenvalue weighted by atomic mass is 10.0. The molecule has 1 aromatic carbocycles. The van der Waals surface area contributed by atoms with Gasteiger partial charge in [-0.2, -0.15) is 0 Å². The van der Waals surface area contributed by atoms with Gasteiger partial charge in [-0.05, 0) is 74.1 Å². The number of benzene rings is 1. The molecule has 0 aliphatic carbocycles. The molecule has 0 amide bonds. The first kappa shape index (κ1) is 21.3.